The summed E-state index contributed by atoms with van der Waals surface area (Å²) < 4.78 is 21.7. The highest BCUT2D eigenvalue weighted by molar-refractivity contribution is 8.03. The molecule has 8 nitrogen and oxygen atoms in total. The van der Waals surface area contributed by atoms with E-state index in [0.717, 1.165) is 11.8 Å². The molecular formula is C21H19ClN2O6S. The van der Waals surface area contributed by atoms with E-state index in [4.69, 9.17) is 30.2 Å². The first kappa shape index (κ1) is 22.5. The van der Waals surface area contributed by atoms with Gasteiger partial charge in [0.05, 0.1) is 26.4 Å². The van der Waals surface area contributed by atoms with Gasteiger partial charge in [-0.3, -0.25) is 0 Å². The number of methoxy groups -OCH3 is 2. The van der Waals surface area contributed by atoms with Crippen LogP contribution in [0.15, 0.2) is 50.9 Å². The molecule has 0 aliphatic carbocycles. The van der Waals surface area contributed by atoms with Crippen molar-refractivity contribution in [3.63, 3.8) is 0 Å². The average Bonchev–Trinajstić information content (AvgIpc) is 3.22. The molecule has 31 heavy (non-hydrogen) atoms. The van der Waals surface area contributed by atoms with E-state index in [1.807, 2.05) is 6.92 Å². The van der Waals surface area contributed by atoms with Crippen LogP contribution in [0.4, 0.5) is 0 Å². The van der Waals surface area contributed by atoms with Gasteiger partial charge < -0.3 is 23.7 Å². The van der Waals surface area contributed by atoms with Crippen molar-refractivity contribution in [3.8, 4) is 28.7 Å². The van der Waals surface area contributed by atoms with Crippen molar-refractivity contribution in [3.05, 3.63) is 51.9 Å². The van der Waals surface area contributed by atoms with Crippen molar-refractivity contribution in [1.82, 2.24) is 10.2 Å². The summed E-state index contributed by atoms with van der Waals surface area (Å²) in [5.41, 5.74) is 1.12. The number of thioether (sulfide) groups is 1. The van der Waals surface area contributed by atoms with Crippen LogP contribution >= 0.6 is 23.4 Å². The summed E-state index contributed by atoms with van der Waals surface area (Å²) in [5, 5.41) is 18.1. The standard InChI is InChI=1S/C21H19ClN2O6S/c1-4-29-16-7-5-12(9-17(16)28-3)10-18(20(25)26)31-21-24-23-19(30-21)14-11-13(22)6-8-15(14)27-2/h5-11H,4H2,1-3H3,(H,25,26)/b18-10-. The van der Waals surface area contributed by atoms with Gasteiger partial charge in [-0.05, 0) is 60.7 Å². The highest BCUT2D eigenvalue weighted by Crippen LogP contribution is 2.35. The van der Waals surface area contributed by atoms with E-state index in [1.165, 1.54) is 20.3 Å². The van der Waals surface area contributed by atoms with Crippen LogP contribution in [-0.2, 0) is 4.79 Å². The number of carboxylic acids is 1. The molecule has 162 valence electrons. The van der Waals surface area contributed by atoms with Crippen molar-refractivity contribution in [2.75, 3.05) is 20.8 Å². The van der Waals surface area contributed by atoms with Crippen LogP contribution in [0, 0.1) is 0 Å². The third kappa shape index (κ3) is 5.50. The molecule has 0 amide bonds. The van der Waals surface area contributed by atoms with Gasteiger partial charge in [-0.1, -0.05) is 17.7 Å². The lowest BCUT2D eigenvalue weighted by Crippen LogP contribution is -1.98. The number of carboxylic acid groups (broad SMARTS) is 1. The Morgan fingerprint density at radius 3 is 2.55 bits per heavy atom. The Bertz CT molecular complexity index is 1110. The molecule has 0 radical (unpaired) electrons. The van der Waals surface area contributed by atoms with Gasteiger partial charge in [-0.25, -0.2) is 4.79 Å². The summed E-state index contributed by atoms with van der Waals surface area (Å²) >= 11 is 6.87. The highest BCUT2D eigenvalue weighted by Gasteiger charge is 2.18. The predicted octanol–water partition coefficient (Wildman–Crippen LogP) is 5.02. The van der Waals surface area contributed by atoms with Crippen LogP contribution in [0.5, 0.6) is 17.2 Å². The number of aliphatic carboxylic acids is 1. The molecule has 0 aliphatic rings. The molecule has 1 N–H and O–H groups in total. The van der Waals surface area contributed by atoms with E-state index in [0.29, 0.717) is 40.0 Å². The van der Waals surface area contributed by atoms with Crippen LogP contribution in [0.3, 0.4) is 0 Å². The summed E-state index contributed by atoms with van der Waals surface area (Å²) in [6.07, 6.45) is 1.48. The largest absolute Gasteiger partial charge is 0.496 e. The Hall–Kier alpha value is -3.17. The van der Waals surface area contributed by atoms with Gasteiger partial charge in [-0.2, -0.15) is 0 Å². The van der Waals surface area contributed by atoms with Crippen molar-refractivity contribution in [2.24, 2.45) is 0 Å². The molecule has 0 bridgehead atoms. The second-order valence-corrected chi connectivity index (χ2v) is 7.41. The number of nitrogens with zero attached hydrogens (tertiary/aromatic N) is 2. The number of hydrogen-bond acceptors (Lipinski definition) is 8. The Balaban J connectivity index is 1.88. The SMILES string of the molecule is CCOc1ccc(/C=C(\Sc2nnc(-c3cc(Cl)ccc3OC)o2)C(=O)O)cc1OC. The van der Waals surface area contributed by atoms with Crippen molar-refractivity contribution in [2.45, 2.75) is 12.1 Å². The molecule has 0 spiro atoms. The Morgan fingerprint density at radius 1 is 1.13 bits per heavy atom. The zero-order chi connectivity index (χ0) is 22.4. The first-order valence-corrected chi connectivity index (χ1v) is 10.3. The molecule has 2 aromatic carbocycles. The van der Waals surface area contributed by atoms with Gasteiger partial charge >= 0.3 is 5.97 Å². The van der Waals surface area contributed by atoms with Gasteiger partial charge in [-0.15, -0.1) is 10.2 Å². The van der Waals surface area contributed by atoms with Crippen molar-refractivity contribution >= 4 is 35.4 Å². The van der Waals surface area contributed by atoms with E-state index in [-0.39, 0.29) is 16.0 Å². The fraction of sp³-hybridized carbons (Fsp3) is 0.190. The van der Waals surface area contributed by atoms with Crippen LogP contribution in [0.25, 0.3) is 17.5 Å². The number of carbonyl (C=O) groups is 1. The lowest BCUT2D eigenvalue weighted by atomic mass is 10.2. The third-order valence-electron chi connectivity index (χ3n) is 3.99. The number of hydrogen-bond donors (Lipinski definition) is 1. The minimum atomic E-state index is -1.14. The van der Waals surface area contributed by atoms with E-state index in [9.17, 15) is 9.90 Å². The van der Waals surface area contributed by atoms with Crippen molar-refractivity contribution < 1.29 is 28.5 Å². The van der Waals surface area contributed by atoms with Crippen LogP contribution in [-0.4, -0.2) is 42.1 Å². The third-order valence-corrected chi connectivity index (χ3v) is 5.08. The Labute approximate surface area is 187 Å². The van der Waals surface area contributed by atoms with Crippen LogP contribution < -0.4 is 14.2 Å². The van der Waals surface area contributed by atoms with Crippen molar-refractivity contribution in [1.29, 1.82) is 0 Å². The molecule has 1 heterocycles. The number of halogens is 1. The summed E-state index contributed by atoms with van der Waals surface area (Å²) in [7, 11) is 3.03. The summed E-state index contributed by atoms with van der Waals surface area (Å²) in [4.78, 5) is 11.8. The second kappa shape index (κ2) is 10.2. The molecule has 3 aromatic rings. The quantitative estimate of drug-likeness (QED) is 0.346. The van der Waals surface area contributed by atoms with Gasteiger partial charge in [0.1, 0.15) is 10.7 Å². The minimum absolute atomic E-state index is 0.0144. The van der Waals surface area contributed by atoms with E-state index in [2.05, 4.69) is 10.2 Å². The zero-order valence-electron chi connectivity index (χ0n) is 16.9. The lowest BCUT2D eigenvalue weighted by molar-refractivity contribution is -0.131. The summed E-state index contributed by atoms with van der Waals surface area (Å²) in [6.45, 7) is 2.35. The lowest BCUT2D eigenvalue weighted by Gasteiger charge is -2.09. The average molecular weight is 463 g/mol. The minimum Gasteiger partial charge on any atom is -0.496 e. The highest BCUT2D eigenvalue weighted by atomic mass is 35.5. The molecule has 3 rings (SSSR count). The number of aromatic nitrogens is 2. The molecule has 0 atom stereocenters. The summed E-state index contributed by atoms with van der Waals surface area (Å²) in [5.74, 6) is 0.592. The maximum absolute atomic E-state index is 11.8. The second-order valence-electron chi connectivity index (χ2n) is 5.98. The monoisotopic (exact) mass is 462 g/mol. The maximum Gasteiger partial charge on any atom is 0.342 e. The van der Waals surface area contributed by atoms with Gasteiger partial charge in [0.15, 0.2) is 11.5 Å². The Kier molecular flexibility index (Phi) is 7.43. The number of rotatable bonds is 9. The van der Waals surface area contributed by atoms with E-state index >= 15 is 0 Å². The molecule has 0 unspecified atom stereocenters. The fourth-order valence-electron chi connectivity index (χ4n) is 2.64. The Morgan fingerprint density at radius 2 is 1.87 bits per heavy atom. The molecule has 0 saturated carbocycles. The first-order chi connectivity index (χ1) is 14.9. The number of benzene rings is 2. The zero-order valence-corrected chi connectivity index (χ0v) is 18.5. The molecule has 1 aromatic heterocycles. The predicted molar refractivity (Wildman–Crippen MR) is 117 cm³/mol. The first-order valence-electron chi connectivity index (χ1n) is 9.06. The molecular weight excluding hydrogens is 444 g/mol. The summed E-state index contributed by atoms with van der Waals surface area (Å²) in [6, 6.07) is 10.1. The fourth-order valence-corrected chi connectivity index (χ4v) is 3.48. The smallest absolute Gasteiger partial charge is 0.342 e. The molecule has 0 saturated heterocycles. The number of ether oxygens (including phenoxy) is 3. The van der Waals surface area contributed by atoms with Gasteiger partial charge in [0.25, 0.3) is 11.1 Å². The van der Waals surface area contributed by atoms with E-state index < -0.39 is 5.97 Å². The maximum atomic E-state index is 11.8. The molecule has 0 aliphatic heterocycles. The van der Waals surface area contributed by atoms with Gasteiger partial charge in [0, 0.05) is 5.02 Å². The van der Waals surface area contributed by atoms with Crippen LogP contribution in [0.2, 0.25) is 5.02 Å². The topological polar surface area (TPSA) is 104 Å². The normalized spacial score (nSPS) is 11.3. The van der Waals surface area contributed by atoms with Gasteiger partial charge in [0.2, 0.25) is 0 Å². The van der Waals surface area contributed by atoms with E-state index in [1.54, 1.807) is 36.4 Å². The molecule has 10 heteroatoms. The molecule has 0 fully saturated rings. The van der Waals surface area contributed by atoms with Crippen LogP contribution in [0.1, 0.15) is 12.5 Å².